The number of nitrogens with zero attached hydrogens (tertiary/aromatic N) is 4. The van der Waals surface area contributed by atoms with Crippen LogP contribution in [0.15, 0.2) is 18.2 Å². The predicted molar refractivity (Wildman–Crippen MR) is 113 cm³/mol. The Morgan fingerprint density at radius 2 is 2.16 bits per heavy atom. The van der Waals surface area contributed by atoms with Crippen molar-refractivity contribution in [3.63, 3.8) is 0 Å². The van der Waals surface area contributed by atoms with Gasteiger partial charge in [0.05, 0.1) is 18.3 Å². The van der Waals surface area contributed by atoms with E-state index >= 15 is 0 Å². The number of rotatable bonds is 3. The lowest BCUT2D eigenvalue weighted by atomic mass is 10.0. The zero-order valence-corrected chi connectivity index (χ0v) is 18.1. The van der Waals surface area contributed by atoms with Gasteiger partial charge in [-0.2, -0.15) is 5.10 Å². The maximum absolute atomic E-state index is 13.5. The SMILES string of the molecule is CC[C@@H](O)[C@@H]1CN(C)C(=O)c2c3c(nn2C1)CCN(C(=O)Nc1ccc(F)c(C)c1)C3. The normalized spacial score (nSPS) is 19.5. The van der Waals surface area contributed by atoms with Crippen molar-refractivity contribution in [2.24, 2.45) is 5.92 Å². The lowest BCUT2D eigenvalue weighted by Crippen LogP contribution is -2.40. The number of aryl methyl sites for hydroxylation is 1. The number of aliphatic hydroxyl groups is 1. The van der Waals surface area contributed by atoms with Gasteiger partial charge >= 0.3 is 6.03 Å². The van der Waals surface area contributed by atoms with Crippen molar-refractivity contribution in [3.05, 3.63) is 46.5 Å². The summed E-state index contributed by atoms with van der Waals surface area (Å²) in [4.78, 5) is 29.2. The molecule has 4 rings (SSSR count). The van der Waals surface area contributed by atoms with Crippen LogP contribution in [0.4, 0.5) is 14.9 Å². The van der Waals surface area contributed by atoms with Gasteiger partial charge in [0.25, 0.3) is 5.91 Å². The van der Waals surface area contributed by atoms with Crippen LogP contribution in [0.5, 0.6) is 0 Å². The molecule has 0 radical (unpaired) electrons. The molecule has 2 aromatic rings. The summed E-state index contributed by atoms with van der Waals surface area (Å²) < 4.78 is 15.2. The van der Waals surface area contributed by atoms with Crippen LogP contribution < -0.4 is 5.32 Å². The summed E-state index contributed by atoms with van der Waals surface area (Å²) in [5.74, 6) is -0.559. The second kappa shape index (κ2) is 8.30. The number of hydrogen-bond donors (Lipinski definition) is 2. The fourth-order valence-electron chi connectivity index (χ4n) is 4.37. The van der Waals surface area contributed by atoms with E-state index in [1.54, 1.807) is 34.5 Å². The first kappa shape index (κ1) is 21.3. The van der Waals surface area contributed by atoms with Gasteiger partial charge in [-0.15, -0.1) is 0 Å². The molecule has 0 spiro atoms. The molecule has 2 aliphatic rings. The summed E-state index contributed by atoms with van der Waals surface area (Å²) in [6.07, 6.45) is 0.645. The third-order valence-corrected chi connectivity index (χ3v) is 6.23. The third-order valence-electron chi connectivity index (χ3n) is 6.23. The second-order valence-corrected chi connectivity index (χ2v) is 8.44. The van der Waals surface area contributed by atoms with Gasteiger partial charge in [-0.3, -0.25) is 9.48 Å². The molecule has 3 amide bonds. The van der Waals surface area contributed by atoms with Crippen LogP contribution in [0.3, 0.4) is 0 Å². The number of aromatic nitrogens is 2. The Hall–Kier alpha value is -2.94. The van der Waals surface area contributed by atoms with Gasteiger partial charge in [0, 0.05) is 50.3 Å². The summed E-state index contributed by atoms with van der Waals surface area (Å²) in [6.45, 7) is 5.24. The molecule has 166 valence electrons. The summed E-state index contributed by atoms with van der Waals surface area (Å²) in [6, 6.07) is 4.14. The minimum Gasteiger partial charge on any atom is -0.393 e. The highest BCUT2D eigenvalue weighted by molar-refractivity contribution is 5.95. The molecule has 0 fully saturated rings. The zero-order valence-electron chi connectivity index (χ0n) is 18.1. The van der Waals surface area contributed by atoms with Crippen molar-refractivity contribution >= 4 is 17.6 Å². The van der Waals surface area contributed by atoms with E-state index in [2.05, 4.69) is 10.4 Å². The molecule has 1 aromatic carbocycles. The average molecular weight is 429 g/mol. The van der Waals surface area contributed by atoms with Crippen molar-refractivity contribution in [2.45, 2.75) is 45.9 Å². The standard InChI is InChI=1S/C22H28FN5O3/c1-4-19(29)14-10-26(3)21(30)20-16-12-27(8-7-18(16)25-28(20)11-14)22(31)24-15-5-6-17(23)13(2)9-15/h5-6,9,14,19,29H,4,7-8,10-12H2,1-3H3,(H,24,31)/t14-,19-/m1/s1. The minimum absolute atomic E-state index is 0.0947. The van der Waals surface area contributed by atoms with Crippen LogP contribution in [0.25, 0.3) is 0 Å². The summed E-state index contributed by atoms with van der Waals surface area (Å²) >= 11 is 0. The maximum atomic E-state index is 13.5. The minimum atomic E-state index is -0.510. The van der Waals surface area contributed by atoms with Gasteiger partial charge < -0.3 is 20.2 Å². The number of anilines is 1. The number of amides is 3. The Balaban J connectivity index is 1.57. The van der Waals surface area contributed by atoms with E-state index in [9.17, 15) is 19.1 Å². The molecular formula is C22H28FN5O3. The first-order valence-electron chi connectivity index (χ1n) is 10.6. The van der Waals surface area contributed by atoms with Gasteiger partial charge in [0.2, 0.25) is 0 Å². The summed E-state index contributed by atoms with van der Waals surface area (Å²) in [5.41, 5.74) is 3.07. The topological polar surface area (TPSA) is 90.7 Å². The van der Waals surface area contributed by atoms with E-state index in [1.165, 1.54) is 12.1 Å². The second-order valence-electron chi connectivity index (χ2n) is 8.44. The summed E-state index contributed by atoms with van der Waals surface area (Å²) in [7, 11) is 1.73. The first-order valence-corrected chi connectivity index (χ1v) is 10.6. The molecular weight excluding hydrogens is 401 g/mol. The van der Waals surface area contributed by atoms with Crippen molar-refractivity contribution < 1.29 is 19.1 Å². The highest BCUT2D eigenvalue weighted by atomic mass is 19.1. The van der Waals surface area contributed by atoms with E-state index < -0.39 is 6.10 Å². The molecule has 0 bridgehead atoms. The number of hydrogen-bond acceptors (Lipinski definition) is 4. The molecule has 8 nitrogen and oxygen atoms in total. The lowest BCUT2D eigenvalue weighted by Gasteiger charge is -2.27. The number of benzene rings is 1. The quantitative estimate of drug-likeness (QED) is 0.784. The van der Waals surface area contributed by atoms with Crippen LogP contribution in [-0.2, 0) is 19.5 Å². The van der Waals surface area contributed by atoms with Crippen molar-refractivity contribution in [2.75, 3.05) is 25.5 Å². The van der Waals surface area contributed by atoms with Crippen LogP contribution in [-0.4, -0.2) is 62.9 Å². The number of urea groups is 1. The van der Waals surface area contributed by atoms with Crippen LogP contribution in [0.2, 0.25) is 0 Å². The number of aliphatic hydroxyl groups excluding tert-OH is 1. The number of halogens is 1. The van der Waals surface area contributed by atoms with Crippen LogP contribution >= 0.6 is 0 Å². The van der Waals surface area contributed by atoms with Crippen molar-refractivity contribution in [3.8, 4) is 0 Å². The Bertz CT molecular complexity index is 1020. The largest absolute Gasteiger partial charge is 0.393 e. The fourth-order valence-corrected chi connectivity index (χ4v) is 4.37. The molecule has 2 aliphatic heterocycles. The molecule has 0 unspecified atom stereocenters. The highest BCUT2D eigenvalue weighted by Gasteiger charge is 2.36. The third kappa shape index (κ3) is 4.01. The molecule has 2 atom stereocenters. The van der Waals surface area contributed by atoms with Gasteiger partial charge in [-0.05, 0) is 37.1 Å². The predicted octanol–water partition coefficient (Wildman–Crippen LogP) is 2.39. The fraction of sp³-hybridized carbons (Fsp3) is 0.500. The Morgan fingerprint density at radius 1 is 1.39 bits per heavy atom. The van der Waals surface area contributed by atoms with E-state index in [0.717, 1.165) is 11.3 Å². The molecule has 0 saturated heterocycles. The highest BCUT2D eigenvalue weighted by Crippen LogP contribution is 2.28. The number of fused-ring (bicyclic) bond motifs is 3. The van der Waals surface area contributed by atoms with Crippen molar-refractivity contribution in [1.82, 2.24) is 19.6 Å². The molecule has 0 aliphatic carbocycles. The molecule has 2 N–H and O–H groups in total. The smallest absolute Gasteiger partial charge is 0.322 e. The van der Waals surface area contributed by atoms with Crippen LogP contribution in [0.1, 0.15) is 40.7 Å². The monoisotopic (exact) mass is 429 g/mol. The summed E-state index contributed by atoms with van der Waals surface area (Å²) in [5, 5.41) is 17.8. The van der Waals surface area contributed by atoms with E-state index in [0.29, 0.717) is 49.4 Å². The van der Waals surface area contributed by atoms with E-state index in [1.807, 2.05) is 6.92 Å². The molecule has 1 aromatic heterocycles. The van der Waals surface area contributed by atoms with Gasteiger partial charge in [-0.1, -0.05) is 6.92 Å². The van der Waals surface area contributed by atoms with Gasteiger partial charge in [-0.25, -0.2) is 9.18 Å². The molecule has 0 saturated carbocycles. The first-order chi connectivity index (χ1) is 14.8. The number of nitrogens with one attached hydrogen (secondary N) is 1. The Kier molecular flexibility index (Phi) is 5.70. The maximum Gasteiger partial charge on any atom is 0.322 e. The Morgan fingerprint density at radius 3 is 2.87 bits per heavy atom. The zero-order chi connectivity index (χ0) is 22.3. The molecule has 3 heterocycles. The average Bonchev–Trinajstić information content (AvgIpc) is 3.05. The van der Waals surface area contributed by atoms with Gasteiger partial charge in [0.1, 0.15) is 11.5 Å². The molecule has 31 heavy (non-hydrogen) atoms. The van der Waals surface area contributed by atoms with Gasteiger partial charge in [0.15, 0.2) is 0 Å². The number of carbonyl (C=O) groups is 2. The lowest BCUT2D eigenvalue weighted by molar-refractivity contribution is 0.0626. The number of carbonyl (C=O) groups excluding carboxylic acids is 2. The van der Waals surface area contributed by atoms with E-state index in [-0.39, 0.29) is 30.2 Å². The van der Waals surface area contributed by atoms with E-state index in [4.69, 9.17) is 0 Å². The van der Waals surface area contributed by atoms with Crippen molar-refractivity contribution in [1.29, 1.82) is 0 Å². The van der Waals surface area contributed by atoms with Crippen LogP contribution in [0, 0.1) is 18.7 Å². The Labute approximate surface area is 180 Å². The molecule has 9 heteroatoms.